The van der Waals surface area contributed by atoms with Crippen molar-refractivity contribution in [1.29, 1.82) is 0 Å². The number of aryl methyl sites for hydroxylation is 1. The predicted octanol–water partition coefficient (Wildman–Crippen LogP) is 3.33. The van der Waals surface area contributed by atoms with Crippen LogP contribution >= 0.6 is 0 Å². The highest BCUT2D eigenvalue weighted by Gasteiger charge is 2.27. The number of ether oxygens (including phenoxy) is 1. The molecule has 136 valence electrons. The summed E-state index contributed by atoms with van der Waals surface area (Å²) in [6.07, 6.45) is -3.89. The van der Waals surface area contributed by atoms with Crippen molar-refractivity contribution in [3.05, 3.63) is 35.1 Å². The monoisotopic (exact) mass is 349 g/mol. The first-order valence-electron chi connectivity index (χ1n) is 7.60. The second-order valence-electron chi connectivity index (χ2n) is 5.39. The number of hydrogen-bond acceptors (Lipinski definition) is 2. The molecule has 0 aliphatic rings. The lowest BCUT2D eigenvalue weighted by molar-refractivity contribution is -0.173. The predicted molar refractivity (Wildman–Crippen MR) is 85.5 cm³/mol. The molecule has 8 heteroatoms. The van der Waals surface area contributed by atoms with Gasteiger partial charge in [-0.15, -0.1) is 0 Å². The van der Waals surface area contributed by atoms with E-state index in [0.29, 0.717) is 24.5 Å². The maximum atomic E-state index is 13.6. The van der Waals surface area contributed by atoms with Gasteiger partial charge in [0.25, 0.3) is 0 Å². The molecule has 0 spiro atoms. The number of halogens is 4. The van der Waals surface area contributed by atoms with E-state index in [1.165, 1.54) is 6.07 Å². The number of guanidine groups is 1. The Balaban J connectivity index is 2.35. The van der Waals surface area contributed by atoms with Gasteiger partial charge in [0.05, 0.1) is 6.04 Å². The lowest BCUT2D eigenvalue weighted by Crippen LogP contribution is -2.39. The van der Waals surface area contributed by atoms with Crippen LogP contribution in [0.2, 0.25) is 0 Å². The topological polar surface area (TPSA) is 45.7 Å². The summed E-state index contributed by atoms with van der Waals surface area (Å²) >= 11 is 0. The van der Waals surface area contributed by atoms with E-state index in [1.807, 2.05) is 13.0 Å². The minimum Gasteiger partial charge on any atom is -0.372 e. The van der Waals surface area contributed by atoms with Gasteiger partial charge < -0.3 is 15.4 Å². The van der Waals surface area contributed by atoms with Gasteiger partial charge in [-0.2, -0.15) is 13.2 Å². The molecular weight excluding hydrogens is 326 g/mol. The number of benzene rings is 1. The molecule has 1 aromatic rings. The van der Waals surface area contributed by atoms with Gasteiger partial charge in [0, 0.05) is 20.2 Å². The molecule has 0 fully saturated rings. The Morgan fingerprint density at radius 3 is 2.62 bits per heavy atom. The summed E-state index contributed by atoms with van der Waals surface area (Å²) in [6, 6.07) is 4.82. The van der Waals surface area contributed by atoms with Crippen LogP contribution in [0.4, 0.5) is 17.6 Å². The van der Waals surface area contributed by atoms with Gasteiger partial charge in [-0.1, -0.05) is 12.1 Å². The smallest absolute Gasteiger partial charge is 0.372 e. The average molecular weight is 349 g/mol. The van der Waals surface area contributed by atoms with Crippen LogP contribution < -0.4 is 10.6 Å². The third-order valence-corrected chi connectivity index (χ3v) is 3.30. The van der Waals surface area contributed by atoms with Crippen molar-refractivity contribution in [3.63, 3.8) is 0 Å². The van der Waals surface area contributed by atoms with Gasteiger partial charge in [-0.3, -0.25) is 4.99 Å². The highest BCUT2D eigenvalue weighted by atomic mass is 19.4. The van der Waals surface area contributed by atoms with Gasteiger partial charge in [0.1, 0.15) is 12.4 Å². The Hall–Kier alpha value is -1.83. The van der Waals surface area contributed by atoms with E-state index in [4.69, 9.17) is 0 Å². The molecule has 0 saturated heterocycles. The Morgan fingerprint density at radius 2 is 2.04 bits per heavy atom. The Bertz CT molecular complexity index is 547. The van der Waals surface area contributed by atoms with Crippen LogP contribution in [0.1, 0.15) is 30.5 Å². The van der Waals surface area contributed by atoms with Crippen LogP contribution in [0.25, 0.3) is 0 Å². The molecule has 24 heavy (non-hydrogen) atoms. The molecule has 0 saturated carbocycles. The molecule has 0 radical (unpaired) electrons. The molecule has 0 amide bonds. The zero-order valence-corrected chi connectivity index (χ0v) is 14.0. The highest BCUT2D eigenvalue weighted by molar-refractivity contribution is 5.80. The minimum atomic E-state index is -4.30. The first-order chi connectivity index (χ1) is 11.2. The van der Waals surface area contributed by atoms with Crippen LogP contribution in [0.15, 0.2) is 23.2 Å². The van der Waals surface area contributed by atoms with Crippen LogP contribution in [-0.2, 0) is 4.74 Å². The van der Waals surface area contributed by atoms with Crippen molar-refractivity contribution in [2.75, 3.05) is 26.8 Å². The maximum absolute atomic E-state index is 13.6. The first-order valence-corrected chi connectivity index (χ1v) is 7.60. The third kappa shape index (κ3) is 7.63. The van der Waals surface area contributed by atoms with Gasteiger partial charge >= 0.3 is 6.18 Å². The van der Waals surface area contributed by atoms with E-state index >= 15 is 0 Å². The molecule has 0 aliphatic heterocycles. The zero-order chi connectivity index (χ0) is 18.2. The quantitative estimate of drug-likeness (QED) is 0.344. The number of nitrogens with one attached hydrogen (secondary N) is 2. The van der Waals surface area contributed by atoms with Crippen molar-refractivity contribution in [2.45, 2.75) is 32.5 Å². The van der Waals surface area contributed by atoms with E-state index in [2.05, 4.69) is 20.4 Å². The summed E-state index contributed by atoms with van der Waals surface area (Å²) in [7, 11) is 1.58. The van der Waals surface area contributed by atoms with Gasteiger partial charge in [0.2, 0.25) is 0 Å². The second-order valence-corrected chi connectivity index (χ2v) is 5.39. The Morgan fingerprint density at radius 1 is 1.33 bits per heavy atom. The molecule has 0 heterocycles. The lowest BCUT2D eigenvalue weighted by Gasteiger charge is -2.18. The zero-order valence-electron chi connectivity index (χ0n) is 14.0. The number of alkyl halides is 3. The fourth-order valence-electron chi connectivity index (χ4n) is 1.93. The normalized spacial score (nSPS) is 13.7. The van der Waals surface area contributed by atoms with Crippen LogP contribution in [-0.4, -0.2) is 38.9 Å². The average Bonchev–Trinajstić information content (AvgIpc) is 2.50. The largest absolute Gasteiger partial charge is 0.411 e. The second kappa shape index (κ2) is 9.46. The number of rotatable bonds is 7. The van der Waals surface area contributed by atoms with E-state index in [9.17, 15) is 17.6 Å². The van der Waals surface area contributed by atoms with E-state index < -0.39 is 12.8 Å². The van der Waals surface area contributed by atoms with Gasteiger partial charge in [-0.05, 0) is 37.5 Å². The summed E-state index contributed by atoms with van der Waals surface area (Å²) in [5.41, 5.74) is 1.35. The molecule has 1 aromatic carbocycles. The number of nitrogens with zero attached hydrogens (tertiary/aromatic N) is 1. The Kier molecular flexibility index (Phi) is 7.97. The minimum absolute atomic E-state index is 0.00221. The molecule has 0 bridgehead atoms. The molecule has 0 aromatic heterocycles. The number of aliphatic imine (C=N–C) groups is 1. The molecule has 1 atom stereocenters. The van der Waals surface area contributed by atoms with Crippen molar-refractivity contribution in [2.24, 2.45) is 4.99 Å². The van der Waals surface area contributed by atoms with Crippen molar-refractivity contribution < 1.29 is 22.3 Å². The van der Waals surface area contributed by atoms with Gasteiger partial charge in [0.15, 0.2) is 5.96 Å². The Labute approximate surface area is 139 Å². The molecule has 2 N–H and O–H groups in total. The molecular formula is C16H23F4N3O. The summed E-state index contributed by atoms with van der Waals surface area (Å²) in [4.78, 5) is 4.03. The summed E-state index contributed by atoms with van der Waals surface area (Å²) < 4.78 is 53.8. The van der Waals surface area contributed by atoms with Crippen LogP contribution in [0.5, 0.6) is 0 Å². The van der Waals surface area contributed by atoms with Gasteiger partial charge in [-0.25, -0.2) is 4.39 Å². The standard InChI is InChI=1S/C16H23F4N3O/c1-11-5-6-13(9-14(11)17)12(2)23-15(21-3)22-7-4-8-24-10-16(18,19)20/h5-6,9,12H,4,7-8,10H2,1-3H3,(H2,21,22,23). The van der Waals surface area contributed by atoms with Crippen molar-refractivity contribution in [3.8, 4) is 0 Å². The van der Waals surface area contributed by atoms with E-state index in [-0.39, 0.29) is 18.5 Å². The molecule has 0 aliphatic carbocycles. The summed E-state index contributed by atoms with van der Waals surface area (Å²) in [6.45, 7) is 2.73. The van der Waals surface area contributed by atoms with E-state index in [1.54, 1.807) is 20.0 Å². The summed E-state index contributed by atoms with van der Waals surface area (Å²) in [5, 5.41) is 6.07. The fraction of sp³-hybridized carbons (Fsp3) is 0.562. The number of hydrogen-bond donors (Lipinski definition) is 2. The van der Waals surface area contributed by atoms with Crippen LogP contribution in [0.3, 0.4) is 0 Å². The summed E-state index contributed by atoms with van der Waals surface area (Å²) in [5.74, 6) is 0.213. The molecule has 4 nitrogen and oxygen atoms in total. The SMILES string of the molecule is CN=C(NCCCOCC(F)(F)F)NC(C)c1ccc(C)c(F)c1. The third-order valence-electron chi connectivity index (χ3n) is 3.30. The first kappa shape index (κ1) is 20.2. The maximum Gasteiger partial charge on any atom is 0.411 e. The molecule has 1 rings (SSSR count). The lowest BCUT2D eigenvalue weighted by atomic mass is 10.1. The highest BCUT2D eigenvalue weighted by Crippen LogP contribution is 2.16. The fourth-order valence-corrected chi connectivity index (χ4v) is 1.93. The van der Waals surface area contributed by atoms with Crippen molar-refractivity contribution in [1.82, 2.24) is 10.6 Å². The van der Waals surface area contributed by atoms with E-state index in [0.717, 1.165) is 5.56 Å². The molecule has 1 unspecified atom stereocenters. The van der Waals surface area contributed by atoms with Crippen LogP contribution in [0, 0.1) is 12.7 Å². The van der Waals surface area contributed by atoms with Crippen molar-refractivity contribution >= 4 is 5.96 Å².